The Bertz CT molecular complexity index is 2550. The maximum absolute atomic E-state index is 2.33. The molecule has 0 amide bonds. The molecule has 0 aliphatic rings. The summed E-state index contributed by atoms with van der Waals surface area (Å²) in [6, 6.07) is 68.2. The zero-order chi connectivity index (χ0) is 31.2. The minimum Gasteiger partial charge on any atom is -0.311 e. The van der Waals surface area contributed by atoms with Crippen molar-refractivity contribution in [1.29, 1.82) is 0 Å². The molecule has 0 aromatic heterocycles. The topological polar surface area (TPSA) is 3.24 Å². The molecule has 220 valence electrons. The van der Waals surface area contributed by atoms with Crippen LogP contribution in [0.3, 0.4) is 0 Å². The molecule has 1 nitrogen and oxygen atoms in total. The number of para-hydroxylation sites is 1. The number of hydrogen-bond donors (Lipinski definition) is 0. The highest BCUT2D eigenvalue weighted by Gasteiger charge is 2.14. The average Bonchev–Trinajstić information content (AvgIpc) is 3.15. The fourth-order valence-electron chi connectivity index (χ4n) is 7.09. The van der Waals surface area contributed by atoms with Crippen molar-refractivity contribution in [2.45, 2.75) is 0 Å². The molecule has 0 radical (unpaired) electrons. The predicted octanol–water partition coefficient (Wildman–Crippen LogP) is 13.1. The van der Waals surface area contributed by atoms with Gasteiger partial charge >= 0.3 is 0 Å². The molecule has 0 aliphatic heterocycles. The van der Waals surface area contributed by atoms with E-state index in [1.165, 1.54) is 65.3 Å². The molecular formula is C46H31N. The van der Waals surface area contributed by atoms with Crippen molar-refractivity contribution in [1.82, 2.24) is 0 Å². The van der Waals surface area contributed by atoms with Crippen molar-refractivity contribution in [3.8, 4) is 22.3 Å². The molecule has 0 saturated heterocycles. The van der Waals surface area contributed by atoms with E-state index in [1.54, 1.807) is 0 Å². The van der Waals surface area contributed by atoms with Gasteiger partial charge in [-0.2, -0.15) is 0 Å². The summed E-state index contributed by atoms with van der Waals surface area (Å²) in [5.74, 6) is 0. The highest BCUT2D eigenvalue weighted by atomic mass is 15.1. The van der Waals surface area contributed by atoms with Gasteiger partial charge in [0.1, 0.15) is 0 Å². The van der Waals surface area contributed by atoms with Crippen LogP contribution < -0.4 is 4.90 Å². The van der Waals surface area contributed by atoms with Crippen molar-refractivity contribution in [2.75, 3.05) is 4.90 Å². The fourth-order valence-corrected chi connectivity index (χ4v) is 7.09. The molecule has 0 atom stereocenters. The molecule has 9 aromatic carbocycles. The van der Waals surface area contributed by atoms with E-state index in [-0.39, 0.29) is 0 Å². The largest absolute Gasteiger partial charge is 0.311 e. The van der Waals surface area contributed by atoms with Crippen LogP contribution in [-0.4, -0.2) is 0 Å². The smallest absolute Gasteiger partial charge is 0.0462 e. The monoisotopic (exact) mass is 597 g/mol. The van der Waals surface area contributed by atoms with Crippen molar-refractivity contribution in [2.24, 2.45) is 0 Å². The molecule has 47 heavy (non-hydrogen) atoms. The highest BCUT2D eigenvalue weighted by molar-refractivity contribution is 6.19. The van der Waals surface area contributed by atoms with Gasteiger partial charge in [-0.3, -0.25) is 0 Å². The molecule has 0 spiro atoms. The van der Waals surface area contributed by atoms with Crippen molar-refractivity contribution in [3.05, 3.63) is 188 Å². The first-order valence-corrected chi connectivity index (χ1v) is 16.2. The fraction of sp³-hybridized carbons (Fsp3) is 0. The lowest BCUT2D eigenvalue weighted by Gasteiger charge is -2.26. The molecule has 0 fully saturated rings. The summed E-state index contributed by atoms with van der Waals surface area (Å²) < 4.78 is 0. The molecule has 0 unspecified atom stereocenters. The molecule has 9 rings (SSSR count). The van der Waals surface area contributed by atoms with E-state index in [0.29, 0.717) is 0 Å². The number of hydrogen-bond acceptors (Lipinski definition) is 1. The number of nitrogens with zero attached hydrogens (tertiary/aromatic N) is 1. The molecular weight excluding hydrogens is 567 g/mol. The third-order valence-corrected chi connectivity index (χ3v) is 9.44. The molecule has 0 N–H and O–H groups in total. The van der Waals surface area contributed by atoms with Gasteiger partial charge in [0.15, 0.2) is 0 Å². The zero-order valence-corrected chi connectivity index (χ0v) is 25.8. The van der Waals surface area contributed by atoms with Gasteiger partial charge in [0, 0.05) is 17.1 Å². The van der Waals surface area contributed by atoms with Gasteiger partial charge in [0.05, 0.1) is 0 Å². The number of benzene rings is 9. The maximum Gasteiger partial charge on any atom is 0.0462 e. The Hall–Kier alpha value is -6.18. The van der Waals surface area contributed by atoms with Gasteiger partial charge in [-0.1, -0.05) is 146 Å². The van der Waals surface area contributed by atoms with Crippen LogP contribution in [0.4, 0.5) is 17.1 Å². The Labute approximate surface area is 274 Å². The number of anilines is 3. The summed E-state index contributed by atoms with van der Waals surface area (Å²) in [5, 5.41) is 10.2. The van der Waals surface area contributed by atoms with Crippen LogP contribution in [0.5, 0.6) is 0 Å². The summed E-state index contributed by atoms with van der Waals surface area (Å²) in [5.41, 5.74) is 8.26. The van der Waals surface area contributed by atoms with Crippen LogP contribution in [0.15, 0.2) is 188 Å². The first-order valence-electron chi connectivity index (χ1n) is 16.2. The first-order chi connectivity index (χ1) is 23.3. The molecule has 0 saturated carbocycles. The minimum absolute atomic E-state index is 1.12. The quantitative estimate of drug-likeness (QED) is 0.178. The third-order valence-electron chi connectivity index (χ3n) is 9.44. The van der Waals surface area contributed by atoms with Crippen LogP contribution >= 0.6 is 0 Å². The molecule has 0 bridgehead atoms. The van der Waals surface area contributed by atoms with E-state index < -0.39 is 0 Å². The summed E-state index contributed by atoms with van der Waals surface area (Å²) in [7, 11) is 0. The second-order valence-electron chi connectivity index (χ2n) is 12.2. The van der Waals surface area contributed by atoms with Crippen LogP contribution in [0, 0.1) is 0 Å². The Kier molecular flexibility index (Phi) is 6.54. The van der Waals surface area contributed by atoms with Crippen LogP contribution in [0.25, 0.3) is 65.3 Å². The van der Waals surface area contributed by atoms with E-state index >= 15 is 0 Å². The SMILES string of the molecule is c1ccc(N(c2ccc(-c3ccc4ccccc4c3)cc2)c2ccc(-c3cccc4c3ccc3c5ccccc5ccc43)cc2)cc1. The Morgan fingerprint density at radius 1 is 0.255 bits per heavy atom. The van der Waals surface area contributed by atoms with Crippen LogP contribution in [0.2, 0.25) is 0 Å². The first kappa shape index (κ1) is 27.2. The normalized spacial score (nSPS) is 11.4. The van der Waals surface area contributed by atoms with E-state index in [4.69, 9.17) is 0 Å². The Morgan fingerprint density at radius 2 is 0.766 bits per heavy atom. The third kappa shape index (κ3) is 4.81. The maximum atomic E-state index is 2.33. The van der Waals surface area contributed by atoms with E-state index in [9.17, 15) is 0 Å². The van der Waals surface area contributed by atoms with Crippen LogP contribution in [-0.2, 0) is 0 Å². The molecule has 9 aromatic rings. The standard InChI is InChI=1S/C46H31N/c1-2-12-38(13-3-1)47(39-24-19-33(20-25-39)37-18-17-32-9-4-5-11-36(32)31-37)40-26-21-35(22-27-40)42-15-8-16-43-44(42)29-30-45-41-14-7-6-10-34(41)23-28-46(43)45/h1-31H. The number of fused-ring (bicyclic) bond motifs is 6. The van der Waals surface area contributed by atoms with Crippen molar-refractivity contribution in [3.63, 3.8) is 0 Å². The van der Waals surface area contributed by atoms with Crippen LogP contribution in [0.1, 0.15) is 0 Å². The minimum atomic E-state index is 1.12. The van der Waals surface area contributed by atoms with Gasteiger partial charge in [-0.25, -0.2) is 0 Å². The average molecular weight is 598 g/mol. The second kappa shape index (κ2) is 11.3. The summed E-state index contributed by atoms with van der Waals surface area (Å²) in [6.45, 7) is 0. The lowest BCUT2D eigenvalue weighted by atomic mass is 9.92. The van der Waals surface area contributed by atoms with Crippen molar-refractivity contribution < 1.29 is 0 Å². The highest BCUT2D eigenvalue weighted by Crippen LogP contribution is 2.39. The predicted molar refractivity (Wildman–Crippen MR) is 202 cm³/mol. The van der Waals surface area contributed by atoms with Gasteiger partial charge in [0.2, 0.25) is 0 Å². The number of rotatable bonds is 5. The zero-order valence-electron chi connectivity index (χ0n) is 25.8. The lowest BCUT2D eigenvalue weighted by Crippen LogP contribution is -2.09. The molecule has 0 aliphatic carbocycles. The summed E-state index contributed by atoms with van der Waals surface area (Å²) in [6.07, 6.45) is 0. The van der Waals surface area contributed by atoms with E-state index in [0.717, 1.165) is 17.1 Å². The lowest BCUT2D eigenvalue weighted by molar-refractivity contribution is 1.28. The van der Waals surface area contributed by atoms with Gasteiger partial charge in [-0.15, -0.1) is 0 Å². The Balaban J connectivity index is 1.09. The van der Waals surface area contributed by atoms with Crippen molar-refractivity contribution >= 4 is 60.2 Å². The van der Waals surface area contributed by atoms with E-state index in [1.807, 2.05) is 0 Å². The van der Waals surface area contributed by atoms with Gasteiger partial charge < -0.3 is 4.90 Å². The molecule has 0 heterocycles. The molecule has 1 heteroatoms. The Morgan fingerprint density at radius 3 is 1.55 bits per heavy atom. The van der Waals surface area contributed by atoms with Gasteiger partial charge in [-0.05, 0) is 108 Å². The summed E-state index contributed by atoms with van der Waals surface area (Å²) in [4.78, 5) is 2.33. The second-order valence-corrected chi connectivity index (χ2v) is 12.2. The van der Waals surface area contributed by atoms with E-state index in [2.05, 4.69) is 193 Å². The summed E-state index contributed by atoms with van der Waals surface area (Å²) >= 11 is 0. The van der Waals surface area contributed by atoms with Gasteiger partial charge in [0.25, 0.3) is 0 Å².